The molecule has 0 saturated carbocycles. The van der Waals surface area contributed by atoms with Crippen molar-refractivity contribution < 1.29 is 0 Å². The molecule has 0 saturated heterocycles. The Labute approximate surface area is 85.3 Å². The summed E-state index contributed by atoms with van der Waals surface area (Å²) in [6.07, 6.45) is 0. The number of thioether (sulfide) groups is 1. The van der Waals surface area contributed by atoms with Gasteiger partial charge in [-0.1, -0.05) is 29.3 Å². The second-order valence-electron chi connectivity index (χ2n) is 2.12. The Morgan fingerprint density at radius 1 is 1.42 bits per heavy atom. The van der Waals surface area contributed by atoms with E-state index in [1.807, 2.05) is 11.5 Å². The van der Waals surface area contributed by atoms with Gasteiger partial charge in [0.15, 0.2) is 0 Å². The van der Waals surface area contributed by atoms with Gasteiger partial charge in [-0.15, -0.1) is 0 Å². The average molecular weight is 218 g/mol. The van der Waals surface area contributed by atoms with Crippen molar-refractivity contribution in [3.63, 3.8) is 0 Å². The highest BCUT2D eigenvalue weighted by molar-refractivity contribution is 8.02. The van der Waals surface area contributed by atoms with E-state index in [1.165, 1.54) is 0 Å². The number of thiocyanates is 1. The lowest BCUT2D eigenvalue weighted by molar-refractivity contribution is 1.42. The summed E-state index contributed by atoms with van der Waals surface area (Å²) >= 11 is 12.7. The van der Waals surface area contributed by atoms with Crippen molar-refractivity contribution in [2.75, 3.05) is 0 Å². The Hall–Kier alpha value is -0.360. The van der Waals surface area contributed by atoms with E-state index in [0.29, 0.717) is 15.8 Å². The lowest BCUT2D eigenvalue weighted by Gasteiger charge is -2.00. The third-order valence-corrected chi connectivity index (χ3v) is 2.48. The molecule has 0 aliphatic heterocycles. The number of halogens is 2. The van der Waals surface area contributed by atoms with Gasteiger partial charge >= 0.3 is 0 Å². The van der Waals surface area contributed by atoms with E-state index in [4.69, 9.17) is 28.5 Å². The van der Waals surface area contributed by atoms with E-state index in [9.17, 15) is 0 Å². The van der Waals surface area contributed by atoms with Gasteiger partial charge in [0.25, 0.3) is 0 Å². The summed E-state index contributed by atoms with van der Waals surface area (Å²) in [7, 11) is 0. The van der Waals surface area contributed by atoms with Crippen molar-refractivity contribution in [1.29, 1.82) is 5.26 Å². The molecular formula is C8H5Cl2NS. The first-order valence-corrected chi connectivity index (χ1v) is 4.93. The van der Waals surface area contributed by atoms with Gasteiger partial charge in [-0.2, -0.15) is 5.26 Å². The number of nitrogens with zero attached hydrogens (tertiary/aromatic N) is 1. The minimum absolute atomic E-state index is 0.604. The predicted molar refractivity (Wildman–Crippen MR) is 53.4 cm³/mol. The summed E-state index contributed by atoms with van der Waals surface area (Å²) < 4.78 is 0. The van der Waals surface area contributed by atoms with Gasteiger partial charge in [0.1, 0.15) is 5.40 Å². The summed E-state index contributed by atoms with van der Waals surface area (Å²) in [5.41, 5.74) is 0.938. The van der Waals surface area contributed by atoms with E-state index in [0.717, 1.165) is 17.3 Å². The van der Waals surface area contributed by atoms with Gasteiger partial charge in [0.05, 0.1) is 0 Å². The fourth-order valence-corrected chi connectivity index (χ4v) is 1.78. The third kappa shape index (κ3) is 2.60. The summed E-state index contributed by atoms with van der Waals surface area (Å²) in [6, 6.07) is 5.27. The Kier molecular flexibility index (Phi) is 3.74. The molecule has 0 aliphatic rings. The largest absolute Gasteiger partial charge is 0.185 e. The fraction of sp³-hybridized carbons (Fsp3) is 0.125. The Balaban J connectivity index is 2.81. The lowest BCUT2D eigenvalue weighted by atomic mass is 10.2. The third-order valence-electron chi connectivity index (χ3n) is 1.31. The van der Waals surface area contributed by atoms with Crippen LogP contribution in [0.4, 0.5) is 0 Å². The molecule has 0 fully saturated rings. The zero-order chi connectivity index (χ0) is 8.97. The summed E-state index contributed by atoms with van der Waals surface area (Å²) in [6.45, 7) is 0. The summed E-state index contributed by atoms with van der Waals surface area (Å²) in [4.78, 5) is 0. The zero-order valence-corrected chi connectivity index (χ0v) is 8.38. The predicted octanol–water partition coefficient (Wildman–Crippen LogP) is 3.71. The molecule has 0 atom stereocenters. The fourth-order valence-electron chi connectivity index (χ4n) is 0.749. The molecular weight excluding hydrogens is 213 g/mol. The highest BCUT2D eigenvalue weighted by atomic mass is 35.5. The second kappa shape index (κ2) is 4.61. The van der Waals surface area contributed by atoms with Crippen molar-refractivity contribution in [3.8, 4) is 5.40 Å². The van der Waals surface area contributed by atoms with Crippen LogP contribution >= 0.6 is 35.0 Å². The second-order valence-corrected chi connectivity index (χ2v) is 3.72. The average Bonchev–Trinajstić information content (AvgIpc) is 2.03. The van der Waals surface area contributed by atoms with Crippen LogP contribution in [0.3, 0.4) is 0 Å². The molecule has 0 aliphatic carbocycles. The molecule has 0 unspecified atom stereocenters. The van der Waals surface area contributed by atoms with Crippen molar-refractivity contribution >= 4 is 35.0 Å². The smallest absolute Gasteiger partial charge is 0.133 e. The highest BCUT2D eigenvalue weighted by Gasteiger charge is 2.00. The van der Waals surface area contributed by atoms with Crippen LogP contribution < -0.4 is 0 Å². The van der Waals surface area contributed by atoms with Crippen LogP contribution in [0.2, 0.25) is 10.0 Å². The molecule has 1 nitrogen and oxygen atoms in total. The molecule has 0 aromatic heterocycles. The molecule has 0 radical (unpaired) electrons. The zero-order valence-electron chi connectivity index (χ0n) is 6.05. The number of benzene rings is 1. The van der Waals surface area contributed by atoms with Crippen LogP contribution in [0, 0.1) is 10.7 Å². The molecule has 1 rings (SSSR count). The molecule has 12 heavy (non-hydrogen) atoms. The molecule has 4 heteroatoms. The van der Waals surface area contributed by atoms with Crippen LogP contribution in [0.1, 0.15) is 5.56 Å². The topological polar surface area (TPSA) is 23.8 Å². The molecule has 1 aromatic carbocycles. The maximum absolute atomic E-state index is 8.32. The first kappa shape index (κ1) is 9.73. The van der Waals surface area contributed by atoms with Gasteiger partial charge in [-0.05, 0) is 29.5 Å². The number of rotatable bonds is 2. The molecule has 0 bridgehead atoms. The number of hydrogen-bond donors (Lipinski definition) is 0. The molecule has 0 N–H and O–H groups in total. The quantitative estimate of drug-likeness (QED) is 0.706. The van der Waals surface area contributed by atoms with E-state index < -0.39 is 0 Å². The van der Waals surface area contributed by atoms with E-state index in [-0.39, 0.29) is 0 Å². The maximum Gasteiger partial charge on any atom is 0.133 e. The summed E-state index contributed by atoms with van der Waals surface area (Å²) in [5, 5.41) is 11.5. The number of hydrogen-bond acceptors (Lipinski definition) is 2. The van der Waals surface area contributed by atoms with Crippen molar-refractivity contribution in [3.05, 3.63) is 33.8 Å². The van der Waals surface area contributed by atoms with Crippen LogP contribution in [-0.4, -0.2) is 0 Å². The van der Waals surface area contributed by atoms with Gasteiger partial charge in [-0.3, -0.25) is 0 Å². The number of nitriles is 1. The molecule has 0 amide bonds. The Morgan fingerprint density at radius 3 is 2.75 bits per heavy atom. The first-order chi connectivity index (χ1) is 5.74. The first-order valence-electron chi connectivity index (χ1n) is 3.19. The standard InChI is InChI=1S/C8H5Cl2NS/c9-7-2-1-6(4-12-5-11)8(10)3-7/h1-3H,4H2. The van der Waals surface area contributed by atoms with Crippen molar-refractivity contribution in [2.45, 2.75) is 5.75 Å². The minimum atomic E-state index is 0.604. The monoisotopic (exact) mass is 217 g/mol. The Bertz CT molecular complexity index is 319. The molecule has 0 spiro atoms. The lowest BCUT2D eigenvalue weighted by Crippen LogP contribution is -1.80. The van der Waals surface area contributed by atoms with Gasteiger partial charge in [0.2, 0.25) is 0 Å². The molecule has 62 valence electrons. The van der Waals surface area contributed by atoms with E-state index >= 15 is 0 Å². The van der Waals surface area contributed by atoms with E-state index in [1.54, 1.807) is 12.1 Å². The highest BCUT2D eigenvalue weighted by Crippen LogP contribution is 2.24. The van der Waals surface area contributed by atoms with Gasteiger partial charge in [0, 0.05) is 15.8 Å². The van der Waals surface area contributed by atoms with E-state index in [2.05, 4.69) is 0 Å². The van der Waals surface area contributed by atoms with Crippen LogP contribution in [0.5, 0.6) is 0 Å². The van der Waals surface area contributed by atoms with Crippen molar-refractivity contribution in [2.24, 2.45) is 0 Å². The minimum Gasteiger partial charge on any atom is -0.185 e. The molecule has 0 heterocycles. The van der Waals surface area contributed by atoms with Crippen LogP contribution in [0.15, 0.2) is 18.2 Å². The SMILES string of the molecule is N#CSCc1ccc(Cl)cc1Cl. The van der Waals surface area contributed by atoms with Crippen LogP contribution in [0.25, 0.3) is 0 Å². The van der Waals surface area contributed by atoms with Crippen LogP contribution in [-0.2, 0) is 5.75 Å². The van der Waals surface area contributed by atoms with Gasteiger partial charge < -0.3 is 0 Å². The Morgan fingerprint density at radius 2 is 2.17 bits per heavy atom. The van der Waals surface area contributed by atoms with Gasteiger partial charge in [-0.25, -0.2) is 0 Å². The molecule has 1 aromatic rings. The normalized spacial score (nSPS) is 9.42. The summed E-state index contributed by atoms with van der Waals surface area (Å²) in [5.74, 6) is 0.604. The maximum atomic E-state index is 8.32. The van der Waals surface area contributed by atoms with Crippen molar-refractivity contribution in [1.82, 2.24) is 0 Å².